The largest absolute Gasteiger partial charge is 0.334 e. The van der Waals surface area contributed by atoms with E-state index in [1.165, 1.54) is 0 Å². The zero-order valence-corrected chi connectivity index (χ0v) is 9.45. The van der Waals surface area contributed by atoms with Gasteiger partial charge in [-0.1, -0.05) is 6.07 Å². The lowest BCUT2D eigenvalue weighted by Crippen LogP contribution is -2.36. The second-order valence-electron chi connectivity index (χ2n) is 3.48. The summed E-state index contributed by atoms with van der Waals surface area (Å²) in [4.78, 5) is 17.2. The van der Waals surface area contributed by atoms with E-state index in [-0.39, 0.29) is 6.03 Å². The molecule has 1 rings (SSSR count). The first-order valence-corrected chi connectivity index (χ1v) is 5.04. The SMILES string of the molecule is CCN(C)C(=O)NCc1ccc(C)nc1. The predicted octanol–water partition coefficient (Wildman–Crippen LogP) is 1.55. The molecule has 0 spiro atoms. The van der Waals surface area contributed by atoms with Crippen molar-refractivity contribution < 1.29 is 4.79 Å². The molecule has 0 fully saturated rings. The minimum absolute atomic E-state index is 0.0573. The summed E-state index contributed by atoms with van der Waals surface area (Å²) in [6, 6.07) is 3.85. The van der Waals surface area contributed by atoms with Crippen molar-refractivity contribution in [3.05, 3.63) is 29.6 Å². The van der Waals surface area contributed by atoms with Crippen LogP contribution >= 0.6 is 0 Å². The molecule has 4 nitrogen and oxygen atoms in total. The smallest absolute Gasteiger partial charge is 0.317 e. The summed E-state index contributed by atoms with van der Waals surface area (Å²) >= 11 is 0. The molecule has 0 aliphatic heterocycles. The zero-order valence-electron chi connectivity index (χ0n) is 9.45. The average molecular weight is 207 g/mol. The quantitative estimate of drug-likeness (QED) is 0.817. The first-order chi connectivity index (χ1) is 7.13. The van der Waals surface area contributed by atoms with E-state index >= 15 is 0 Å². The van der Waals surface area contributed by atoms with E-state index in [1.807, 2.05) is 26.0 Å². The van der Waals surface area contributed by atoms with Gasteiger partial charge in [0.15, 0.2) is 0 Å². The maximum atomic E-state index is 11.4. The maximum absolute atomic E-state index is 11.4. The van der Waals surface area contributed by atoms with E-state index in [2.05, 4.69) is 10.3 Å². The Morgan fingerprint density at radius 2 is 2.27 bits per heavy atom. The van der Waals surface area contributed by atoms with Crippen LogP contribution in [0.5, 0.6) is 0 Å². The van der Waals surface area contributed by atoms with Gasteiger partial charge < -0.3 is 10.2 Å². The van der Waals surface area contributed by atoms with Crippen LogP contribution in [0.4, 0.5) is 4.79 Å². The Morgan fingerprint density at radius 3 is 2.80 bits per heavy atom. The Labute approximate surface area is 90.3 Å². The zero-order chi connectivity index (χ0) is 11.3. The Morgan fingerprint density at radius 1 is 1.53 bits per heavy atom. The molecule has 0 unspecified atom stereocenters. The Hall–Kier alpha value is -1.58. The summed E-state index contributed by atoms with van der Waals surface area (Å²) in [6.45, 7) is 5.11. The lowest BCUT2D eigenvalue weighted by atomic mass is 10.2. The second kappa shape index (κ2) is 5.34. The van der Waals surface area contributed by atoms with Crippen LogP contribution < -0.4 is 5.32 Å². The summed E-state index contributed by atoms with van der Waals surface area (Å²) in [5.74, 6) is 0. The fourth-order valence-electron chi connectivity index (χ4n) is 1.06. The van der Waals surface area contributed by atoms with Gasteiger partial charge in [0, 0.05) is 32.0 Å². The van der Waals surface area contributed by atoms with Gasteiger partial charge in [-0.2, -0.15) is 0 Å². The number of aryl methyl sites for hydroxylation is 1. The third kappa shape index (κ3) is 3.58. The molecule has 0 bridgehead atoms. The predicted molar refractivity (Wildman–Crippen MR) is 59.5 cm³/mol. The van der Waals surface area contributed by atoms with Gasteiger partial charge in [0.1, 0.15) is 0 Å². The van der Waals surface area contributed by atoms with Gasteiger partial charge in [0.2, 0.25) is 0 Å². The van der Waals surface area contributed by atoms with Crippen molar-refractivity contribution in [3.63, 3.8) is 0 Å². The van der Waals surface area contributed by atoms with Crippen LogP contribution in [0, 0.1) is 6.92 Å². The maximum Gasteiger partial charge on any atom is 0.317 e. The number of urea groups is 1. The molecule has 2 amide bonds. The molecule has 0 saturated heterocycles. The van der Waals surface area contributed by atoms with Crippen molar-refractivity contribution in [3.8, 4) is 0 Å². The number of nitrogens with one attached hydrogen (secondary N) is 1. The van der Waals surface area contributed by atoms with Gasteiger partial charge in [0.05, 0.1) is 0 Å². The van der Waals surface area contributed by atoms with Gasteiger partial charge in [0.25, 0.3) is 0 Å². The lowest BCUT2D eigenvalue weighted by molar-refractivity contribution is 0.210. The van der Waals surface area contributed by atoms with Gasteiger partial charge in [-0.15, -0.1) is 0 Å². The third-order valence-corrected chi connectivity index (χ3v) is 2.24. The van der Waals surface area contributed by atoms with Crippen molar-refractivity contribution in [1.29, 1.82) is 0 Å². The highest BCUT2D eigenvalue weighted by Gasteiger charge is 2.04. The molecule has 15 heavy (non-hydrogen) atoms. The van der Waals surface area contributed by atoms with Crippen LogP contribution in [-0.4, -0.2) is 29.5 Å². The molecule has 1 heterocycles. The number of rotatable bonds is 3. The van der Waals surface area contributed by atoms with Crippen molar-refractivity contribution in [2.24, 2.45) is 0 Å². The Bertz CT molecular complexity index is 321. The number of hydrogen-bond acceptors (Lipinski definition) is 2. The summed E-state index contributed by atoms with van der Waals surface area (Å²) in [7, 11) is 1.77. The molecule has 1 aromatic heterocycles. The monoisotopic (exact) mass is 207 g/mol. The Kier molecular flexibility index (Phi) is 4.09. The van der Waals surface area contributed by atoms with E-state index in [4.69, 9.17) is 0 Å². The van der Waals surface area contributed by atoms with Crippen molar-refractivity contribution in [1.82, 2.24) is 15.2 Å². The normalized spacial score (nSPS) is 9.80. The van der Waals surface area contributed by atoms with Crippen molar-refractivity contribution in [2.45, 2.75) is 20.4 Å². The summed E-state index contributed by atoms with van der Waals surface area (Å²) < 4.78 is 0. The number of carbonyl (C=O) groups is 1. The molecular weight excluding hydrogens is 190 g/mol. The molecule has 0 atom stereocenters. The van der Waals surface area contributed by atoms with E-state index in [0.717, 1.165) is 11.3 Å². The number of pyridine rings is 1. The van der Waals surface area contributed by atoms with Crippen LogP contribution in [0.15, 0.2) is 18.3 Å². The van der Waals surface area contributed by atoms with E-state index in [9.17, 15) is 4.79 Å². The van der Waals surface area contributed by atoms with Gasteiger partial charge >= 0.3 is 6.03 Å². The fraction of sp³-hybridized carbons (Fsp3) is 0.455. The van der Waals surface area contributed by atoms with Gasteiger partial charge in [-0.3, -0.25) is 4.98 Å². The minimum Gasteiger partial charge on any atom is -0.334 e. The first kappa shape index (κ1) is 11.5. The minimum atomic E-state index is -0.0573. The molecule has 0 saturated carbocycles. The number of carbonyl (C=O) groups excluding carboxylic acids is 1. The standard InChI is InChI=1S/C11H17N3O/c1-4-14(3)11(15)13-8-10-6-5-9(2)12-7-10/h5-7H,4,8H2,1-3H3,(H,13,15). The topological polar surface area (TPSA) is 45.2 Å². The van der Waals surface area contributed by atoms with E-state index in [1.54, 1.807) is 18.1 Å². The average Bonchev–Trinajstić information content (AvgIpc) is 2.26. The van der Waals surface area contributed by atoms with Crippen LogP contribution in [0.3, 0.4) is 0 Å². The van der Waals surface area contributed by atoms with Crippen molar-refractivity contribution >= 4 is 6.03 Å². The molecule has 0 aromatic carbocycles. The van der Waals surface area contributed by atoms with Crippen LogP contribution in [-0.2, 0) is 6.54 Å². The van der Waals surface area contributed by atoms with E-state index < -0.39 is 0 Å². The summed E-state index contributed by atoms with van der Waals surface area (Å²) in [5, 5.41) is 2.82. The van der Waals surface area contributed by atoms with Crippen LogP contribution in [0.25, 0.3) is 0 Å². The molecule has 1 aromatic rings. The van der Waals surface area contributed by atoms with Crippen molar-refractivity contribution in [2.75, 3.05) is 13.6 Å². The first-order valence-electron chi connectivity index (χ1n) is 5.04. The van der Waals surface area contributed by atoms with Gasteiger partial charge in [-0.05, 0) is 25.5 Å². The highest BCUT2D eigenvalue weighted by Crippen LogP contribution is 1.98. The number of aromatic nitrogens is 1. The number of nitrogens with zero attached hydrogens (tertiary/aromatic N) is 2. The molecule has 0 radical (unpaired) electrons. The number of hydrogen-bond donors (Lipinski definition) is 1. The molecule has 82 valence electrons. The van der Waals surface area contributed by atoms with Crippen LogP contribution in [0.1, 0.15) is 18.2 Å². The van der Waals surface area contributed by atoms with Crippen LogP contribution in [0.2, 0.25) is 0 Å². The molecule has 0 aliphatic rings. The molecule has 0 aliphatic carbocycles. The summed E-state index contributed by atoms with van der Waals surface area (Å²) in [6.07, 6.45) is 1.78. The second-order valence-corrected chi connectivity index (χ2v) is 3.48. The molecule has 1 N–H and O–H groups in total. The third-order valence-electron chi connectivity index (χ3n) is 2.24. The molecule has 4 heteroatoms. The lowest BCUT2D eigenvalue weighted by Gasteiger charge is -2.15. The number of amides is 2. The van der Waals surface area contributed by atoms with Gasteiger partial charge in [-0.25, -0.2) is 4.79 Å². The van der Waals surface area contributed by atoms with E-state index in [0.29, 0.717) is 13.1 Å². The highest BCUT2D eigenvalue weighted by atomic mass is 16.2. The Balaban J connectivity index is 2.43. The summed E-state index contributed by atoms with van der Waals surface area (Å²) in [5.41, 5.74) is 1.99. The highest BCUT2D eigenvalue weighted by molar-refractivity contribution is 5.73. The molecular formula is C11H17N3O. The fourth-order valence-corrected chi connectivity index (χ4v) is 1.06.